The Bertz CT molecular complexity index is 484. The molecule has 1 aliphatic heterocycles. The van der Waals surface area contributed by atoms with Crippen LogP contribution < -0.4 is 10.2 Å². The van der Waals surface area contributed by atoms with Gasteiger partial charge in [0.2, 0.25) is 17.2 Å². The minimum Gasteiger partial charge on any atom is -0.391 e. The number of aliphatic hydroxyl groups is 1. The maximum Gasteiger partial charge on any atom is 0.231 e. The Morgan fingerprint density at radius 2 is 1.90 bits per heavy atom. The third kappa shape index (κ3) is 3.72. The third-order valence-electron chi connectivity index (χ3n) is 3.93. The first kappa shape index (κ1) is 14.7. The predicted octanol–water partition coefficient (Wildman–Crippen LogP) is 1.08. The molecule has 1 aliphatic carbocycles. The molecule has 8 heteroatoms. The molecule has 1 aromatic heterocycles. The summed E-state index contributed by atoms with van der Waals surface area (Å²) in [5.74, 6) is 0.994. The number of aliphatic hydroxyl groups excluding tert-OH is 1. The minimum absolute atomic E-state index is 0.0187. The summed E-state index contributed by atoms with van der Waals surface area (Å²) in [6.45, 7) is 2.80. The number of hydrogen-bond donors (Lipinski definition) is 2. The molecule has 0 aromatic carbocycles. The molecule has 0 radical (unpaired) electrons. The van der Waals surface area contributed by atoms with Crippen LogP contribution in [0.15, 0.2) is 0 Å². The normalized spacial score (nSPS) is 26.7. The molecule has 2 heterocycles. The molecule has 2 atom stereocenters. The summed E-state index contributed by atoms with van der Waals surface area (Å²) < 4.78 is 5.32. The van der Waals surface area contributed by atoms with E-state index in [2.05, 4.69) is 20.3 Å². The van der Waals surface area contributed by atoms with Gasteiger partial charge in [-0.15, -0.1) is 0 Å². The average molecular weight is 314 g/mol. The number of halogens is 1. The number of aromatic nitrogens is 3. The highest BCUT2D eigenvalue weighted by Crippen LogP contribution is 2.22. The number of anilines is 2. The van der Waals surface area contributed by atoms with E-state index in [9.17, 15) is 5.11 Å². The van der Waals surface area contributed by atoms with Crippen molar-refractivity contribution >= 4 is 23.5 Å². The summed E-state index contributed by atoms with van der Waals surface area (Å²) in [4.78, 5) is 14.8. The maximum absolute atomic E-state index is 10.0. The van der Waals surface area contributed by atoms with Crippen LogP contribution in [0.5, 0.6) is 0 Å². The van der Waals surface area contributed by atoms with Gasteiger partial charge in [0, 0.05) is 13.1 Å². The molecule has 21 heavy (non-hydrogen) atoms. The molecule has 116 valence electrons. The summed E-state index contributed by atoms with van der Waals surface area (Å²) in [6.07, 6.45) is 3.53. The quantitative estimate of drug-likeness (QED) is 0.863. The van der Waals surface area contributed by atoms with Crippen molar-refractivity contribution in [2.45, 2.75) is 37.8 Å². The molecule has 7 nitrogen and oxygen atoms in total. The first-order chi connectivity index (χ1) is 10.2. The zero-order valence-electron chi connectivity index (χ0n) is 11.8. The monoisotopic (exact) mass is 313 g/mol. The van der Waals surface area contributed by atoms with E-state index in [-0.39, 0.29) is 17.4 Å². The molecule has 2 aliphatic rings. The van der Waals surface area contributed by atoms with Crippen molar-refractivity contribution in [1.82, 2.24) is 15.0 Å². The fourth-order valence-electron chi connectivity index (χ4n) is 2.75. The summed E-state index contributed by atoms with van der Waals surface area (Å²) >= 11 is 6.00. The molecular formula is C13H20ClN5O2. The largest absolute Gasteiger partial charge is 0.391 e. The van der Waals surface area contributed by atoms with Crippen LogP contribution in [0.2, 0.25) is 5.28 Å². The van der Waals surface area contributed by atoms with Gasteiger partial charge in [0.1, 0.15) is 0 Å². The zero-order valence-corrected chi connectivity index (χ0v) is 12.6. The van der Waals surface area contributed by atoms with Gasteiger partial charge in [-0.3, -0.25) is 0 Å². The molecule has 2 unspecified atom stereocenters. The van der Waals surface area contributed by atoms with Gasteiger partial charge in [-0.05, 0) is 24.4 Å². The van der Waals surface area contributed by atoms with Crippen LogP contribution in [0.4, 0.5) is 11.9 Å². The van der Waals surface area contributed by atoms with Gasteiger partial charge >= 0.3 is 0 Å². The predicted molar refractivity (Wildman–Crippen MR) is 79.8 cm³/mol. The van der Waals surface area contributed by atoms with Crippen molar-refractivity contribution in [3.63, 3.8) is 0 Å². The van der Waals surface area contributed by atoms with Crippen LogP contribution in [0, 0.1) is 0 Å². The lowest BCUT2D eigenvalue weighted by atomic mass is 9.93. The van der Waals surface area contributed by atoms with Gasteiger partial charge in [-0.1, -0.05) is 12.8 Å². The number of nitrogens with one attached hydrogen (secondary N) is 1. The van der Waals surface area contributed by atoms with E-state index in [4.69, 9.17) is 16.3 Å². The van der Waals surface area contributed by atoms with Gasteiger partial charge in [-0.25, -0.2) is 0 Å². The van der Waals surface area contributed by atoms with Crippen molar-refractivity contribution in [1.29, 1.82) is 0 Å². The van der Waals surface area contributed by atoms with Gasteiger partial charge in [0.25, 0.3) is 0 Å². The molecule has 0 spiro atoms. The van der Waals surface area contributed by atoms with Crippen molar-refractivity contribution in [2.75, 3.05) is 36.5 Å². The summed E-state index contributed by atoms with van der Waals surface area (Å²) in [5.41, 5.74) is 0. The summed E-state index contributed by atoms with van der Waals surface area (Å²) in [6, 6.07) is -0.0187. The Morgan fingerprint density at radius 1 is 1.14 bits per heavy atom. The Labute approximate surface area is 128 Å². The summed E-state index contributed by atoms with van der Waals surface area (Å²) in [5, 5.41) is 13.4. The topological polar surface area (TPSA) is 83.4 Å². The number of hydrogen-bond acceptors (Lipinski definition) is 7. The third-order valence-corrected chi connectivity index (χ3v) is 4.10. The van der Waals surface area contributed by atoms with Gasteiger partial charge in [0.05, 0.1) is 25.4 Å². The van der Waals surface area contributed by atoms with Crippen molar-refractivity contribution in [3.8, 4) is 0 Å². The SMILES string of the molecule is OC1CCCCC1Nc1nc(Cl)nc(N2CCOCC2)n1. The van der Waals surface area contributed by atoms with Crippen molar-refractivity contribution in [3.05, 3.63) is 5.28 Å². The Hall–Kier alpha value is -1.18. The second kappa shape index (κ2) is 6.72. The van der Waals surface area contributed by atoms with E-state index in [0.29, 0.717) is 25.1 Å². The number of rotatable bonds is 3. The van der Waals surface area contributed by atoms with Crippen LogP contribution in [0.25, 0.3) is 0 Å². The lowest BCUT2D eigenvalue weighted by Gasteiger charge is -2.29. The number of ether oxygens (including phenoxy) is 1. The smallest absolute Gasteiger partial charge is 0.231 e. The fourth-order valence-corrected chi connectivity index (χ4v) is 2.91. The van der Waals surface area contributed by atoms with E-state index in [0.717, 1.165) is 38.8 Å². The van der Waals surface area contributed by atoms with Crippen molar-refractivity contribution < 1.29 is 9.84 Å². The lowest BCUT2D eigenvalue weighted by molar-refractivity contribution is 0.116. The highest BCUT2D eigenvalue weighted by Gasteiger charge is 2.24. The number of morpholine rings is 1. The van der Waals surface area contributed by atoms with Crippen LogP contribution in [-0.2, 0) is 4.74 Å². The highest BCUT2D eigenvalue weighted by atomic mass is 35.5. The molecule has 0 amide bonds. The number of nitrogens with zero attached hydrogens (tertiary/aromatic N) is 4. The average Bonchev–Trinajstić information content (AvgIpc) is 2.50. The lowest BCUT2D eigenvalue weighted by Crippen LogP contribution is -2.39. The molecule has 1 saturated carbocycles. The van der Waals surface area contributed by atoms with Crippen molar-refractivity contribution in [2.24, 2.45) is 0 Å². The van der Waals surface area contributed by atoms with E-state index >= 15 is 0 Å². The Morgan fingerprint density at radius 3 is 2.67 bits per heavy atom. The van der Waals surface area contributed by atoms with Gasteiger partial charge in [-0.2, -0.15) is 15.0 Å². The fraction of sp³-hybridized carbons (Fsp3) is 0.769. The molecular weight excluding hydrogens is 294 g/mol. The maximum atomic E-state index is 10.0. The molecule has 0 bridgehead atoms. The molecule has 2 N–H and O–H groups in total. The van der Waals surface area contributed by atoms with E-state index in [1.54, 1.807) is 0 Å². The summed E-state index contributed by atoms with van der Waals surface area (Å²) in [7, 11) is 0. The van der Waals surface area contributed by atoms with Gasteiger partial charge in [0.15, 0.2) is 0 Å². The second-order valence-corrected chi connectivity index (χ2v) is 5.77. The molecule has 1 saturated heterocycles. The van der Waals surface area contributed by atoms with Gasteiger partial charge < -0.3 is 20.1 Å². The highest BCUT2D eigenvalue weighted by molar-refractivity contribution is 6.28. The molecule has 2 fully saturated rings. The molecule has 1 aromatic rings. The van der Waals surface area contributed by atoms with E-state index in [1.165, 1.54) is 0 Å². The zero-order chi connectivity index (χ0) is 14.7. The standard InChI is InChI=1S/C13H20ClN5O2/c14-11-16-12(15-9-3-1-2-4-10(9)20)18-13(17-11)19-5-7-21-8-6-19/h9-10,20H,1-8H2,(H,15,16,17,18). The van der Waals surface area contributed by atoms with Crippen LogP contribution in [-0.4, -0.2) is 58.5 Å². The van der Waals surface area contributed by atoms with Crippen LogP contribution in [0.1, 0.15) is 25.7 Å². The molecule has 3 rings (SSSR count). The Balaban J connectivity index is 1.73. The van der Waals surface area contributed by atoms with E-state index in [1.807, 2.05) is 4.90 Å². The first-order valence-corrected chi connectivity index (χ1v) is 7.79. The van der Waals surface area contributed by atoms with Crippen LogP contribution in [0.3, 0.4) is 0 Å². The minimum atomic E-state index is -0.360. The van der Waals surface area contributed by atoms with E-state index < -0.39 is 0 Å². The second-order valence-electron chi connectivity index (χ2n) is 5.43. The first-order valence-electron chi connectivity index (χ1n) is 7.41. The Kier molecular flexibility index (Phi) is 4.72. The van der Waals surface area contributed by atoms with Crippen LogP contribution >= 0.6 is 11.6 Å².